The largest absolute Gasteiger partial charge is 0.386 e. The molecule has 0 unspecified atom stereocenters. The van der Waals surface area contributed by atoms with Gasteiger partial charge in [0.15, 0.2) is 11.6 Å². The molecular formula is C25H33NO8S. The summed E-state index contributed by atoms with van der Waals surface area (Å²) < 4.78 is 59.9. The van der Waals surface area contributed by atoms with Crippen LogP contribution in [-0.4, -0.2) is 73.9 Å². The number of rotatable bonds is 5. The first-order valence-electron chi connectivity index (χ1n) is 11.8. The van der Waals surface area contributed by atoms with Gasteiger partial charge < -0.3 is 28.8 Å². The Balaban J connectivity index is 1.44. The maximum Gasteiger partial charge on any atom is 0.241 e. The van der Waals surface area contributed by atoms with Crippen LogP contribution in [0.1, 0.15) is 33.3 Å². The van der Waals surface area contributed by atoms with Crippen LogP contribution in [0, 0.1) is 6.92 Å². The fraction of sp³-hybridized carbons (Fsp3) is 0.600. The lowest BCUT2D eigenvalue weighted by molar-refractivity contribution is -0.177. The average molecular weight is 508 g/mol. The Morgan fingerprint density at radius 1 is 0.857 bits per heavy atom. The molecule has 0 bridgehead atoms. The molecule has 2 saturated heterocycles. The Kier molecular flexibility index (Phi) is 6.25. The Labute approximate surface area is 206 Å². The molecule has 2 heterocycles. The summed E-state index contributed by atoms with van der Waals surface area (Å²) in [7, 11) is -3.91. The number of aliphatic hydroxyl groups excluding tert-OH is 1. The quantitative estimate of drug-likeness (QED) is 0.582. The molecule has 1 aromatic rings. The van der Waals surface area contributed by atoms with Crippen molar-refractivity contribution in [3.8, 4) is 0 Å². The highest BCUT2D eigenvalue weighted by Crippen LogP contribution is 2.39. The zero-order chi connectivity index (χ0) is 25.2. The van der Waals surface area contributed by atoms with Crippen LogP contribution in [-0.2, 0) is 33.7 Å². The van der Waals surface area contributed by atoms with Crippen LogP contribution < -0.4 is 4.72 Å². The fourth-order valence-electron chi connectivity index (χ4n) is 5.08. The van der Waals surface area contributed by atoms with E-state index in [1.165, 1.54) is 0 Å². The van der Waals surface area contributed by atoms with Crippen LogP contribution in [0.4, 0.5) is 0 Å². The summed E-state index contributed by atoms with van der Waals surface area (Å²) in [5.74, 6) is -1.73. The molecule has 5 rings (SSSR count). The first kappa shape index (κ1) is 25.0. The van der Waals surface area contributed by atoms with Gasteiger partial charge in [0.05, 0.1) is 17.0 Å². The van der Waals surface area contributed by atoms with Gasteiger partial charge in [-0.2, -0.15) is 0 Å². The summed E-state index contributed by atoms with van der Waals surface area (Å²) in [6.45, 7) is 9.07. The third kappa shape index (κ3) is 4.99. The molecule has 0 amide bonds. The lowest BCUT2D eigenvalue weighted by Crippen LogP contribution is -2.58. The minimum atomic E-state index is -3.91. The molecule has 4 aliphatic rings. The zero-order valence-electron chi connectivity index (χ0n) is 20.5. The molecule has 9 nitrogen and oxygen atoms in total. The van der Waals surface area contributed by atoms with Gasteiger partial charge in [-0.1, -0.05) is 42.0 Å². The number of hydrogen-bond acceptors (Lipinski definition) is 8. The van der Waals surface area contributed by atoms with E-state index in [2.05, 4.69) is 4.72 Å². The van der Waals surface area contributed by atoms with Crippen molar-refractivity contribution in [2.24, 2.45) is 0 Å². The average Bonchev–Trinajstić information content (AvgIpc) is 3.25. The van der Waals surface area contributed by atoms with Crippen LogP contribution in [0.15, 0.2) is 53.5 Å². The van der Waals surface area contributed by atoms with E-state index in [9.17, 15) is 13.5 Å². The van der Waals surface area contributed by atoms with Gasteiger partial charge in [0.25, 0.3) is 0 Å². The molecule has 2 fully saturated rings. The van der Waals surface area contributed by atoms with E-state index >= 15 is 0 Å². The Morgan fingerprint density at radius 2 is 1.43 bits per heavy atom. The highest BCUT2D eigenvalue weighted by Gasteiger charge is 2.53. The van der Waals surface area contributed by atoms with Gasteiger partial charge in [0, 0.05) is 0 Å². The van der Waals surface area contributed by atoms with E-state index in [1.807, 2.05) is 13.0 Å². The molecule has 1 aromatic carbocycles. The van der Waals surface area contributed by atoms with Crippen molar-refractivity contribution in [3.05, 3.63) is 54.1 Å². The van der Waals surface area contributed by atoms with Crippen molar-refractivity contribution < 1.29 is 37.2 Å². The lowest BCUT2D eigenvalue weighted by atomic mass is 9.92. The SMILES string of the molecule is Cc1ccc(S(=O)(=O)N[C@H]2[C@@H]3OC(C)(C)O[C@@H]3C=C[C@@H]2O[C@H]2[C@@H]3OC(C)(C)O[C@@H]3C=C[C@@H]2O)cc1. The number of aliphatic hydroxyl groups is 1. The second-order valence-corrected chi connectivity index (χ2v) is 12.1. The van der Waals surface area contributed by atoms with Crippen LogP contribution in [0.25, 0.3) is 0 Å². The van der Waals surface area contributed by atoms with E-state index in [0.717, 1.165) is 5.56 Å². The first-order chi connectivity index (χ1) is 16.3. The van der Waals surface area contributed by atoms with Crippen LogP contribution in [0.2, 0.25) is 0 Å². The molecule has 2 N–H and O–H groups in total. The Hall–Kier alpha value is -1.63. The van der Waals surface area contributed by atoms with Crippen molar-refractivity contribution in [2.45, 2.75) is 99.9 Å². The van der Waals surface area contributed by atoms with Crippen molar-refractivity contribution in [3.63, 3.8) is 0 Å². The van der Waals surface area contributed by atoms with Gasteiger partial charge in [-0.25, -0.2) is 13.1 Å². The second kappa shape index (κ2) is 8.74. The van der Waals surface area contributed by atoms with Crippen LogP contribution in [0.5, 0.6) is 0 Å². The minimum Gasteiger partial charge on any atom is -0.386 e. The predicted molar refractivity (Wildman–Crippen MR) is 126 cm³/mol. The lowest BCUT2D eigenvalue weighted by Gasteiger charge is -2.39. The zero-order valence-corrected chi connectivity index (χ0v) is 21.3. The monoisotopic (exact) mass is 507 g/mol. The second-order valence-electron chi connectivity index (χ2n) is 10.4. The van der Waals surface area contributed by atoms with Crippen molar-refractivity contribution >= 4 is 10.0 Å². The summed E-state index contributed by atoms with van der Waals surface area (Å²) in [6, 6.07) is 5.80. The van der Waals surface area contributed by atoms with E-state index < -0.39 is 64.3 Å². The molecular weight excluding hydrogens is 474 g/mol. The number of aryl methyl sites for hydroxylation is 1. The Morgan fingerprint density at radius 3 is 2.09 bits per heavy atom. The molecule has 35 heavy (non-hydrogen) atoms. The number of ether oxygens (including phenoxy) is 5. The number of benzene rings is 1. The number of sulfonamides is 1. The van der Waals surface area contributed by atoms with E-state index in [-0.39, 0.29) is 11.0 Å². The highest BCUT2D eigenvalue weighted by molar-refractivity contribution is 7.89. The van der Waals surface area contributed by atoms with Gasteiger partial charge in [0.1, 0.15) is 36.6 Å². The summed E-state index contributed by atoms with van der Waals surface area (Å²) >= 11 is 0. The molecule has 0 spiro atoms. The molecule has 2 aliphatic carbocycles. The third-order valence-corrected chi connectivity index (χ3v) is 8.10. The van der Waals surface area contributed by atoms with Gasteiger partial charge in [-0.15, -0.1) is 0 Å². The van der Waals surface area contributed by atoms with Crippen LogP contribution in [0.3, 0.4) is 0 Å². The summed E-state index contributed by atoms with van der Waals surface area (Å²) in [5, 5.41) is 10.7. The maximum absolute atomic E-state index is 13.3. The standard InChI is InChI=1S/C25H33NO8S/c1-14-6-8-15(9-7-14)35(28,29)26-20-17(12-13-18-22(20)33-24(2,3)31-18)30-21-16(27)10-11-19-23(21)34-25(4,5)32-19/h6-13,16-23,26-27H,1-5H3/t16-,17-,18+,19+,20+,21+,22+,23+/m0/s1. The maximum atomic E-state index is 13.3. The van der Waals surface area contributed by atoms with Gasteiger partial charge in [-0.05, 0) is 46.8 Å². The van der Waals surface area contributed by atoms with Gasteiger partial charge in [0.2, 0.25) is 10.0 Å². The molecule has 192 valence electrons. The van der Waals surface area contributed by atoms with E-state index in [0.29, 0.717) is 0 Å². The smallest absolute Gasteiger partial charge is 0.241 e. The van der Waals surface area contributed by atoms with Crippen LogP contribution >= 0.6 is 0 Å². The van der Waals surface area contributed by atoms with Gasteiger partial charge in [-0.3, -0.25) is 0 Å². The molecule has 10 heteroatoms. The minimum absolute atomic E-state index is 0.140. The summed E-state index contributed by atoms with van der Waals surface area (Å²) in [5.41, 5.74) is 0.954. The van der Waals surface area contributed by atoms with Crippen molar-refractivity contribution in [2.75, 3.05) is 0 Å². The number of hydrogen-bond donors (Lipinski definition) is 2. The Bertz CT molecular complexity index is 1110. The van der Waals surface area contributed by atoms with Crippen molar-refractivity contribution in [1.82, 2.24) is 4.72 Å². The first-order valence-corrected chi connectivity index (χ1v) is 13.3. The highest BCUT2D eigenvalue weighted by atomic mass is 32.2. The number of fused-ring (bicyclic) bond motifs is 2. The third-order valence-electron chi connectivity index (χ3n) is 6.62. The topological polar surface area (TPSA) is 113 Å². The predicted octanol–water partition coefficient (Wildman–Crippen LogP) is 1.94. The molecule has 0 saturated carbocycles. The molecule has 0 radical (unpaired) electrons. The van der Waals surface area contributed by atoms with E-state index in [1.54, 1.807) is 70.2 Å². The summed E-state index contributed by atoms with van der Waals surface area (Å²) in [6.07, 6.45) is 2.46. The fourth-order valence-corrected chi connectivity index (χ4v) is 6.34. The van der Waals surface area contributed by atoms with Crippen molar-refractivity contribution in [1.29, 1.82) is 0 Å². The molecule has 0 aromatic heterocycles. The molecule has 8 atom stereocenters. The van der Waals surface area contributed by atoms with E-state index in [4.69, 9.17) is 23.7 Å². The van der Waals surface area contributed by atoms with Gasteiger partial charge >= 0.3 is 0 Å². The summed E-state index contributed by atoms with van der Waals surface area (Å²) in [4.78, 5) is 0.140. The number of nitrogens with one attached hydrogen (secondary N) is 1. The molecule has 2 aliphatic heterocycles. The normalized spacial score (nSPS) is 39.4.